The Morgan fingerprint density at radius 2 is 2.20 bits per heavy atom. The zero-order valence-corrected chi connectivity index (χ0v) is 11.4. The first kappa shape index (κ1) is 13.0. The highest BCUT2D eigenvalue weighted by molar-refractivity contribution is 9.09. The van der Waals surface area contributed by atoms with Crippen molar-refractivity contribution >= 4 is 21.8 Å². The topological polar surface area (TPSA) is 29.1 Å². The van der Waals surface area contributed by atoms with Crippen molar-refractivity contribution in [1.29, 1.82) is 0 Å². The molecule has 1 fully saturated rings. The van der Waals surface area contributed by atoms with Crippen LogP contribution in [0.3, 0.4) is 0 Å². The third kappa shape index (κ3) is 4.13. The van der Waals surface area contributed by atoms with Gasteiger partial charge in [0.2, 0.25) is 5.91 Å². The molecule has 1 atom stereocenters. The van der Waals surface area contributed by atoms with E-state index in [1.165, 1.54) is 12.8 Å². The second-order valence-corrected chi connectivity index (χ2v) is 5.94. The smallest absolute Gasteiger partial charge is 0.220 e. The van der Waals surface area contributed by atoms with E-state index in [9.17, 15) is 4.79 Å². The normalized spacial score (nSPS) is 24.1. The quantitative estimate of drug-likeness (QED) is 0.606. The van der Waals surface area contributed by atoms with Crippen LogP contribution < -0.4 is 5.32 Å². The molecule has 1 saturated carbocycles. The molecular formula is C12H22BrNO. The zero-order valence-electron chi connectivity index (χ0n) is 9.81. The highest BCUT2D eigenvalue weighted by atomic mass is 79.9. The van der Waals surface area contributed by atoms with Gasteiger partial charge in [0.15, 0.2) is 0 Å². The first-order chi connectivity index (χ1) is 7.06. The van der Waals surface area contributed by atoms with Gasteiger partial charge < -0.3 is 5.32 Å². The van der Waals surface area contributed by atoms with Crippen molar-refractivity contribution in [2.24, 2.45) is 5.41 Å². The number of carbonyl (C=O) groups is 1. The van der Waals surface area contributed by atoms with Gasteiger partial charge in [-0.25, -0.2) is 0 Å². The molecule has 0 heterocycles. The second kappa shape index (κ2) is 5.88. The number of amides is 1. The molecule has 0 radical (unpaired) electrons. The Balaban J connectivity index is 2.25. The molecule has 3 heteroatoms. The lowest BCUT2D eigenvalue weighted by molar-refractivity contribution is -0.122. The third-order valence-corrected chi connectivity index (χ3v) is 3.94. The molecule has 0 aromatic rings. The summed E-state index contributed by atoms with van der Waals surface area (Å²) in [7, 11) is 0. The summed E-state index contributed by atoms with van der Waals surface area (Å²) in [6.45, 7) is 4.51. The van der Waals surface area contributed by atoms with E-state index < -0.39 is 0 Å². The largest absolute Gasteiger partial charge is 0.353 e. The van der Waals surface area contributed by atoms with Gasteiger partial charge >= 0.3 is 0 Å². The van der Waals surface area contributed by atoms with Crippen LogP contribution in [0.1, 0.15) is 52.4 Å². The van der Waals surface area contributed by atoms with Gasteiger partial charge in [-0.1, -0.05) is 36.2 Å². The summed E-state index contributed by atoms with van der Waals surface area (Å²) >= 11 is 3.37. The Kier molecular flexibility index (Phi) is 5.10. The van der Waals surface area contributed by atoms with Gasteiger partial charge in [0, 0.05) is 17.8 Å². The van der Waals surface area contributed by atoms with Crippen LogP contribution in [-0.4, -0.2) is 17.3 Å². The standard InChI is InChI=1S/C12H22BrNO/c1-12(2)8-5-6-10(12)14-11(15)7-3-4-9-13/h10H,3-9H2,1-2H3,(H,14,15). The number of carbonyl (C=O) groups excluding carboxylic acids is 1. The Morgan fingerprint density at radius 3 is 2.73 bits per heavy atom. The number of hydrogen-bond donors (Lipinski definition) is 1. The number of alkyl halides is 1. The van der Waals surface area contributed by atoms with E-state index in [4.69, 9.17) is 0 Å². The molecule has 1 N–H and O–H groups in total. The lowest BCUT2D eigenvalue weighted by Crippen LogP contribution is -2.41. The van der Waals surface area contributed by atoms with Crippen molar-refractivity contribution in [3.8, 4) is 0 Å². The lowest BCUT2D eigenvalue weighted by Gasteiger charge is -2.27. The molecule has 0 aliphatic heterocycles. The van der Waals surface area contributed by atoms with Gasteiger partial charge in [-0.3, -0.25) is 4.79 Å². The fourth-order valence-corrected chi connectivity index (χ4v) is 2.64. The van der Waals surface area contributed by atoms with Crippen LogP contribution in [-0.2, 0) is 4.79 Å². The van der Waals surface area contributed by atoms with Crippen molar-refractivity contribution < 1.29 is 4.79 Å². The van der Waals surface area contributed by atoms with Crippen LogP contribution in [0.25, 0.3) is 0 Å². The number of nitrogens with one attached hydrogen (secondary N) is 1. The number of unbranched alkanes of at least 4 members (excludes halogenated alkanes) is 1. The van der Waals surface area contributed by atoms with Crippen molar-refractivity contribution in [3.63, 3.8) is 0 Å². The minimum atomic E-state index is 0.232. The number of halogens is 1. The first-order valence-electron chi connectivity index (χ1n) is 5.91. The average molecular weight is 276 g/mol. The Morgan fingerprint density at radius 1 is 1.47 bits per heavy atom. The third-order valence-electron chi connectivity index (χ3n) is 3.38. The van der Waals surface area contributed by atoms with E-state index in [-0.39, 0.29) is 5.91 Å². The molecule has 1 unspecified atom stereocenters. The molecule has 2 nitrogen and oxygen atoms in total. The van der Waals surface area contributed by atoms with Crippen LogP contribution in [0.4, 0.5) is 0 Å². The maximum Gasteiger partial charge on any atom is 0.220 e. The van der Waals surface area contributed by atoms with Crippen molar-refractivity contribution in [2.45, 2.75) is 58.4 Å². The SMILES string of the molecule is CC1(C)CCCC1NC(=O)CCCCBr. The average Bonchev–Trinajstić information content (AvgIpc) is 2.46. The van der Waals surface area contributed by atoms with E-state index >= 15 is 0 Å². The summed E-state index contributed by atoms with van der Waals surface area (Å²) in [6.07, 6.45) is 6.39. The molecule has 1 rings (SSSR count). The Labute approximate surface area is 101 Å². The highest BCUT2D eigenvalue weighted by Gasteiger charge is 2.34. The maximum atomic E-state index is 11.6. The van der Waals surface area contributed by atoms with Gasteiger partial charge in [0.25, 0.3) is 0 Å². The second-order valence-electron chi connectivity index (χ2n) is 5.15. The zero-order chi connectivity index (χ0) is 11.3. The Hall–Kier alpha value is -0.0500. The van der Waals surface area contributed by atoms with E-state index in [1.54, 1.807) is 0 Å². The van der Waals surface area contributed by atoms with Crippen molar-refractivity contribution in [3.05, 3.63) is 0 Å². The molecule has 0 bridgehead atoms. The highest BCUT2D eigenvalue weighted by Crippen LogP contribution is 2.37. The van der Waals surface area contributed by atoms with Crippen LogP contribution in [0.2, 0.25) is 0 Å². The predicted molar refractivity (Wildman–Crippen MR) is 67.2 cm³/mol. The van der Waals surface area contributed by atoms with Gasteiger partial charge in [-0.05, 0) is 31.1 Å². The van der Waals surface area contributed by atoms with Gasteiger partial charge in [-0.2, -0.15) is 0 Å². The number of rotatable bonds is 5. The van der Waals surface area contributed by atoms with Crippen molar-refractivity contribution in [2.75, 3.05) is 5.33 Å². The fourth-order valence-electron chi connectivity index (χ4n) is 2.24. The monoisotopic (exact) mass is 275 g/mol. The van der Waals surface area contributed by atoms with Crippen LogP contribution in [0.15, 0.2) is 0 Å². The first-order valence-corrected chi connectivity index (χ1v) is 7.04. The van der Waals surface area contributed by atoms with Crippen molar-refractivity contribution in [1.82, 2.24) is 5.32 Å². The summed E-state index contributed by atoms with van der Waals surface area (Å²) in [4.78, 5) is 11.6. The molecule has 1 amide bonds. The lowest BCUT2D eigenvalue weighted by atomic mass is 9.87. The van der Waals surface area contributed by atoms with E-state index in [2.05, 4.69) is 35.1 Å². The molecule has 0 aromatic heterocycles. The molecule has 0 saturated heterocycles. The minimum Gasteiger partial charge on any atom is -0.353 e. The van der Waals surface area contributed by atoms with Gasteiger partial charge in [0.05, 0.1) is 0 Å². The number of hydrogen-bond acceptors (Lipinski definition) is 1. The van der Waals surface area contributed by atoms with E-state index in [1.807, 2.05) is 0 Å². The molecule has 0 spiro atoms. The Bertz CT molecular complexity index is 216. The van der Waals surface area contributed by atoms with Crippen LogP contribution in [0.5, 0.6) is 0 Å². The summed E-state index contributed by atoms with van der Waals surface area (Å²) in [5, 5.41) is 4.17. The molecule has 15 heavy (non-hydrogen) atoms. The molecule has 0 aromatic carbocycles. The minimum absolute atomic E-state index is 0.232. The predicted octanol–water partition coefficient (Wildman–Crippen LogP) is 3.25. The molecule has 1 aliphatic rings. The molecule has 88 valence electrons. The van der Waals surface area contributed by atoms with Gasteiger partial charge in [0.1, 0.15) is 0 Å². The summed E-state index contributed by atoms with van der Waals surface area (Å²) < 4.78 is 0. The van der Waals surface area contributed by atoms with Crippen LogP contribution in [0, 0.1) is 5.41 Å². The molecule has 1 aliphatic carbocycles. The van der Waals surface area contributed by atoms with E-state index in [0.29, 0.717) is 17.9 Å². The van der Waals surface area contributed by atoms with Crippen LogP contribution >= 0.6 is 15.9 Å². The molecular weight excluding hydrogens is 254 g/mol. The maximum absolute atomic E-state index is 11.6. The van der Waals surface area contributed by atoms with E-state index in [0.717, 1.165) is 24.6 Å². The summed E-state index contributed by atoms with van der Waals surface area (Å²) in [5.74, 6) is 0.232. The summed E-state index contributed by atoms with van der Waals surface area (Å²) in [6, 6.07) is 0.397. The fraction of sp³-hybridized carbons (Fsp3) is 0.917. The van der Waals surface area contributed by atoms with Gasteiger partial charge in [-0.15, -0.1) is 0 Å². The summed E-state index contributed by atoms with van der Waals surface area (Å²) in [5.41, 5.74) is 0.297.